The SMILES string of the molecule is OCC1CC(O)C(Cc2ccc(Cl)c(Cc3ccc(O[C@H]4CCOC4)cc3)c2)OO1. The highest BCUT2D eigenvalue weighted by Gasteiger charge is 2.31. The highest BCUT2D eigenvalue weighted by molar-refractivity contribution is 6.31. The number of hydrogen-bond donors (Lipinski definition) is 2. The predicted octanol–water partition coefficient (Wildman–Crippen LogP) is 3.08. The molecule has 3 unspecified atom stereocenters. The summed E-state index contributed by atoms with van der Waals surface area (Å²) in [6.07, 6.45) is 0.959. The van der Waals surface area contributed by atoms with E-state index in [1.807, 2.05) is 42.5 Å². The standard InChI is InChI=1S/C23H27ClO6/c24-21-6-3-16(11-23-22(26)12-20(13-25)29-30-23)10-17(21)9-15-1-4-18(5-2-15)28-19-7-8-27-14-19/h1-6,10,19-20,22-23,25-26H,7-9,11-14H2/t19-,20?,22?,23?/m0/s1. The van der Waals surface area contributed by atoms with E-state index in [4.69, 9.17) is 36.0 Å². The molecule has 2 aromatic rings. The third-order valence-electron chi connectivity index (χ3n) is 5.51. The number of rotatable bonds is 7. The zero-order chi connectivity index (χ0) is 20.9. The first-order valence-electron chi connectivity index (χ1n) is 10.3. The van der Waals surface area contributed by atoms with Crippen molar-refractivity contribution < 1.29 is 29.5 Å². The van der Waals surface area contributed by atoms with E-state index in [0.29, 0.717) is 30.9 Å². The molecule has 2 fully saturated rings. The maximum Gasteiger partial charge on any atom is 0.124 e. The van der Waals surface area contributed by atoms with Gasteiger partial charge >= 0.3 is 0 Å². The lowest BCUT2D eigenvalue weighted by molar-refractivity contribution is -0.394. The molecule has 30 heavy (non-hydrogen) atoms. The number of benzene rings is 2. The summed E-state index contributed by atoms with van der Waals surface area (Å²) in [4.78, 5) is 10.4. The molecule has 0 aromatic heterocycles. The molecule has 4 rings (SSSR count). The highest BCUT2D eigenvalue weighted by atomic mass is 35.5. The van der Waals surface area contributed by atoms with Gasteiger partial charge in [-0.3, -0.25) is 0 Å². The lowest BCUT2D eigenvalue weighted by Crippen LogP contribution is -2.42. The number of halogens is 1. The van der Waals surface area contributed by atoms with Gasteiger partial charge in [-0.1, -0.05) is 35.9 Å². The Kier molecular flexibility index (Phi) is 7.25. The molecule has 0 saturated carbocycles. The second kappa shape index (κ2) is 10.1. The van der Waals surface area contributed by atoms with Crippen LogP contribution in [-0.2, 0) is 27.4 Å². The maximum absolute atomic E-state index is 10.3. The number of hydrogen-bond acceptors (Lipinski definition) is 6. The lowest BCUT2D eigenvalue weighted by Gasteiger charge is -2.31. The molecule has 0 amide bonds. The largest absolute Gasteiger partial charge is 0.488 e. The van der Waals surface area contributed by atoms with Crippen molar-refractivity contribution in [2.24, 2.45) is 0 Å². The van der Waals surface area contributed by atoms with Crippen molar-refractivity contribution in [1.29, 1.82) is 0 Å². The number of aliphatic hydroxyl groups is 2. The van der Waals surface area contributed by atoms with E-state index in [-0.39, 0.29) is 12.7 Å². The smallest absolute Gasteiger partial charge is 0.124 e. The predicted molar refractivity (Wildman–Crippen MR) is 112 cm³/mol. The van der Waals surface area contributed by atoms with Crippen LogP contribution in [0.3, 0.4) is 0 Å². The summed E-state index contributed by atoms with van der Waals surface area (Å²) in [5.41, 5.74) is 3.14. The Hall–Kier alpha value is -1.67. The summed E-state index contributed by atoms with van der Waals surface area (Å²) in [6.45, 7) is 1.23. The van der Waals surface area contributed by atoms with Crippen molar-refractivity contribution in [2.45, 2.75) is 50.1 Å². The Labute approximate surface area is 181 Å². The minimum absolute atomic E-state index is 0.135. The molecule has 0 spiro atoms. The van der Waals surface area contributed by atoms with Crippen LogP contribution in [0, 0.1) is 0 Å². The summed E-state index contributed by atoms with van der Waals surface area (Å²) in [5.74, 6) is 0.846. The first kappa shape index (κ1) is 21.6. The van der Waals surface area contributed by atoms with Crippen LogP contribution in [0.1, 0.15) is 29.5 Å². The van der Waals surface area contributed by atoms with Gasteiger partial charge in [0.1, 0.15) is 24.1 Å². The van der Waals surface area contributed by atoms with Gasteiger partial charge in [-0.05, 0) is 41.3 Å². The number of ether oxygens (including phenoxy) is 2. The van der Waals surface area contributed by atoms with E-state index in [0.717, 1.165) is 35.5 Å². The van der Waals surface area contributed by atoms with Gasteiger partial charge in [0.25, 0.3) is 0 Å². The minimum Gasteiger partial charge on any atom is -0.488 e. The average Bonchev–Trinajstić information content (AvgIpc) is 3.26. The lowest BCUT2D eigenvalue weighted by atomic mass is 9.96. The van der Waals surface area contributed by atoms with Crippen LogP contribution >= 0.6 is 11.6 Å². The molecule has 2 saturated heterocycles. The van der Waals surface area contributed by atoms with Crippen LogP contribution in [0.25, 0.3) is 0 Å². The van der Waals surface area contributed by atoms with Crippen LogP contribution < -0.4 is 4.74 Å². The van der Waals surface area contributed by atoms with Gasteiger partial charge in [0, 0.05) is 24.3 Å². The van der Waals surface area contributed by atoms with E-state index in [1.54, 1.807) is 0 Å². The fourth-order valence-corrected chi connectivity index (χ4v) is 3.96. The summed E-state index contributed by atoms with van der Waals surface area (Å²) in [6, 6.07) is 13.9. The maximum atomic E-state index is 10.3. The van der Waals surface area contributed by atoms with Crippen molar-refractivity contribution in [3.63, 3.8) is 0 Å². The normalized spacial score (nSPS) is 26.6. The Morgan fingerprint density at radius 3 is 2.57 bits per heavy atom. The molecule has 2 aromatic carbocycles. The molecule has 6 nitrogen and oxygen atoms in total. The second-order valence-corrected chi connectivity index (χ2v) is 8.30. The molecule has 2 heterocycles. The van der Waals surface area contributed by atoms with Gasteiger partial charge in [-0.2, -0.15) is 0 Å². The monoisotopic (exact) mass is 434 g/mol. The summed E-state index contributed by atoms with van der Waals surface area (Å²) in [7, 11) is 0. The first-order chi connectivity index (χ1) is 14.6. The fourth-order valence-electron chi connectivity index (χ4n) is 3.78. The summed E-state index contributed by atoms with van der Waals surface area (Å²) >= 11 is 6.43. The van der Waals surface area contributed by atoms with Crippen LogP contribution in [0.2, 0.25) is 5.02 Å². The molecule has 0 bridgehead atoms. The van der Waals surface area contributed by atoms with Crippen LogP contribution in [0.15, 0.2) is 42.5 Å². The van der Waals surface area contributed by atoms with Gasteiger partial charge in [-0.25, -0.2) is 9.78 Å². The molecule has 2 N–H and O–H groups in total. The molecule has 0 aliphatic carbocycles. The van der Waals surface area contributed by atoms with E-state index in [1.165, 1.54) is 0 Å². The zero-order valence-electron chi connectivity index (χ0n) is 16.7. The fraction of sp³-hybridized carbons (Fsp3) is 0.478. The Morgan fingerprint density at radius 2 is 1.87 bits per heavy atom. The summed E-state index contributed by atoms with van der Waals surface area (Å²) < 4.78 is 11.3. The molecule has 4 atom stereocenters. The first-order valence-corrected chi connectivity index (χ1v) is 10.7. The molecular weight excluding hydrogens is 408 g/mol. The Balaban J connectivity index is 1.38. The average molecular weight is 435 g/mol. The van der Waals surface area contributed by atoms with Gasteiger partial charge in [0.2, 0.25) is 0 Å². The molecule has 0 radical (unpaired) electrons. The van der Waals surface area contributed by atoms with Crippen LogP contribution in [0.4, 0.5) is 0 Å². The van der Waals surface area contributed by atoms with Crippen molar-refractivity contribution in [3.05, 3.63) is 64.2 Å². The van der Waals surface area contributed by atoms with Crippen molar-refractivity contribution in [1.82, 2.24) is 0 Å². The highest BCUT2D eigenvalue weighted by Crippen LogP contribution is 2.26. The Morgan fingerprint density at radius 1 is 1.07 bits per heavy atom. The van der Waals surface area contributed by atoms with Gasteiger partial charge < -0.3 is 19.7 Å². The third kappa shape index (κ3) is 5.52. The van der Waals surface area contributed by atoms with E-state index in [9.17, 15) is 5.11 Å². The second-order valence-electron chi connectivity index (χ2n) is 7.89. The molecule has 2 aliphatic heterocycles. The molecule has 2 aliphatic rings. The van der Waals surface area contributed by atoms with Crippen molar-refractivity contribution in [3.8, 4) is 5.75 Å². The van der Waals surface area contributed by atoms with E-state index < -0.39 is 18.3 Å². The Bertz CT molecular complexity index is 821. The van der Waals surface area contributed by atoms with Gasteiger partial charge in [0.05, 0.1) is 25.9 Å². The quantitative estimate of drug-likeness (QED) is 0.652. The zero-order valence-corrected chi connectivity index (χ0v) is 17.5. The summed E-state index contributed by atoms with van der Waals surface area (Å²) in [5, 5.41) is 20.1. The van der Waals surface area contributed by atoms with Crippen molar-refractivity contribution in [2.75, 3.05) is 19.8 Å². The minimum atomic E-state index is -0.687. The topological polar surface area (TPSA) is 77.4 Å². The molecular formula is C23H27ClO6. The molecule has 162 valence electrons. The van der Waals surface area contributed by atoms with E-state index in [2.05, 4.69) is 0 Å². The molecule has 7 heteroatoms. The van der Waals surface area contributed by atoms with Gasteiger partial charge in [-0.15, -0.1) is 0 Å². The number of aliphatic hydroxyl groups excluding tert-OH is 2. The van der Waals surface area contributed by atoms with E-state index >= 15 is 0 Å². The van der Waals surface area contributed by atoms with Crippen LogP contribution in [0.5, 0.6) is 5.75 Å². The van der Waals surface area contributed by atoms with Gasteiger partial charge in [0.15, 0.2) is 0 Å². The third-order valence-corrected chi connectivity index (χ3v) is 5.88. The van der Waals surface area contributed by atoms with Crippen LogP contribution in [-0.4, -0.2) is 54.4 Å². The van der Waals surface area contributed by atoms with Crippen molar-refractivity contribution >= 4 is 11.6 Å².